The summed E-state index contributed by atoms with van der Waals surface area (Å²) in [4.78, 5) is 14.8. The van der Waals surface area contributed by atoms with E-state index in [2.05, 4.69) is 4.84 Å². The molecule has 1 aromatic rings. The molecule has 1 aromatic carbocycles. The monoisotopic (exact) mass is 326 g/mol. The zero-order valence-electron chi connectivity index (χ0n) is 10.9. The standard InChI is InChI=1S/C11H13F3N2O4S/c1-20-16-10(17)5-6-15-21(18,19)9-4-2-3-8(7-9)11(12,13)14/h2-4,7,15H,5-6H2,1H3,(H,16,17). The van der Waals surface area contributed by atoms with Gasteiger partial charge < -0.3 is 0 Å². The minimum atomic E-state index is -4.64. The van der Waals surface area contributed by atoms with Crippen molar-refractivity contribution in [3.8, 4) is 0 Å². The molecule has 0 aliphatic carbocycles. The Bertz CT molecular complexity index is 602. The van der Waals surface area contributed by atoms with Crippen LogP contribution in [0.5, 0.6) is 0 Å². The summed E-state index contributed by atoms with van der Waals surface area (Å²) in [7, 11) is -2.91. The fourth-order valence-electron chi connectivity index (χ4n) is 1.39. The first-order valence-corrected chi connectivity index (χ1v) is 7.14. The van der Waals surface area contributed by atoms with Crippen LogP contribution in [0, 0.1) is 0 Å². The zero-order chi connectivity index (χ0) is 16.1. The van der Waals surface area contributed by atoms with Gasteiger partial charge in [-0.2, -0.15) is 13.2 Å². The van der Waals surface area contributed by atoms with Gasteiger partial charge in [0, 0.05) is 13.0 Å². The quantitative estimate of drug-likeness (QED) is 0.766. The Morgan fingerprint density at radius 3 is 2.57 bits per heavy atom. The van der Waals surface area contributed by atoms with Gasteiger partial charge in [0.05, 0.1) is 17.6 Å². The third kappa shape index (κ3) is 5.33. The van der Waals surface area contributed by atoms with Gasteiger partial charge in [-0.3, -0.25) is 9.63 Å². The maximum Gasteiger partial charge on any atom is 0.416 e. The number of hydroxylamine groups is 1. The van der Waals surface area contributed by atoms with Crippen LogP contribution in [0.1, 0.15) is 12.0 Å². The number of nitrogens with one attached hydrogen (secondary N) is 2. The molecule has 0 saturated carbocycles. The average molecular weight is 326 g/mol. The van der Waals surface area contributed by atoms with Crippen LogP contribution in [0.4, 0.5) is 13.2 Å². The number of sulfonamides is 1. The van der Waals surface area contributed by atoms with Gasteiger partial charge in [0.1, 0.15) is 0 Å². The van der Waals surface area contributed by atoms with Crippen LogP contribution in [0.25, 0.3) is 0 Å². The predicted octanol–water partition coefficient (Wildman–Crippen LogP) is 1.05. The van der Waals surface area contributed by atoms with E-state index in [9.17, 15) is 26.4 Å². The van der Waals surface area contributed by atoms with E-state index in [1.807, 2.05) is 10.2 Å². The third-order valence-electron chi connectivity index (χ3n) is 2.33. The van der Waals surface area contributed by atoms with E-state index >= 15 is 0 Å². The Balaban J connectivity index is 2.77. The first-order chi connectivity index (χ1) is 9.66. The molecule has 0 aliphatic heterocycles. The lowest BCUT2D eigenvalue weighted by atomic mass is 10.2. The highest BCUT2D eigenvalue weighted by Crippen LogP contribution is 2.30. The molecule has 0 aromatic heterocycles. The van der Waals surface area contributed by atoms with Gasteiger partial charge in [-0.1, -0.05) is 6.07 Å². The van der Waals surface area contributed by atoms with E-state index < -0.39 is 32.6 Å². The molecule has 0 spiro atoms. The molecule has 6 nitrogen and oxygen atoms in total. The van der Waals surface area contributed by atoms with Crippen LogP contribution in [0.3, 0.4) is 0 Å². The topological polar surface area (TPSA) is 84.5 Å². The maximum atomic E-state index is 12.5. The number of halogens is 3. The van der Waals surface area contributed by atoms with Gasteiger partial charge in [-0.15, -0.1) is 0 Å². The summed E-state index contributed by atoms with van der Waals surface area (Å²) in [5.74, 6) is -0.566. The SMILES string of the molecule is CONC(=O)CCNS(=O)(=O)c1cccc(C(F)(F)F)c1. The second kappa shape index (κ2) is 6.87. The summed E-state index contributed by atoms with van der Waals surface area (Å²) in [5, 5.41) is 0. The van der Waals surface area contributed by atoms with Crippen LogP contribution in [0.2, 0.25) is 0 Å². The van der Waals surface area contributed by atoms with Gasteiger partial charge in [-0.05, 0) is 18.2 Å². The lowest BCUT2D eigenvalue weighted by molar-refractivity contribution is -0.137. The fraction of sp³-hybridized carbons (Fsp3) is 0.364. The summed E-state index contributed by atoms with van der Waals surface area (Å²) >= 11 is 0. The molecule has 118 valence electrons. The van der Waals surface area contributed by atoms with Crippen LogP contribution >= 0.6 is 0 Å². The van der Waals surface area contributed by atoms with Crippen molar-refractivity contribution in [2.24, 2.45) is 0 Å². The number of amides is 1. The van der Waals surface area contributed by atoms with E-state index in [0.29, 0.717) is 6.07 Å². The molecular weight excluding hydrogens is 313 g/mol. The molecule has 0 fully saturated rings. The molecule has 21 heavy (non-hydrogen) atoms. The van der Waals surface area contributed by atoms with Crippen LogP contribution < -0.4 is 10.2 Å². The highest BCUT2D eigenvalue weighted by molar-refractivity contribution is 7.89. The van der Waals surface area contributed by atoms with Crippen molar-refractivity contribution in [2.75, 3.05) is 13.7 Å². The minimum Gasteiger partial charge on any atom is -0.277 e. The highest BCUT2D eigenvalue weighted by atomic mass is 32.2. The van der Waals surface area contributed by atoms with Crippen LogP contribution in [0.15, 0.2) is 29.2 Å². The second-order valence-corrected chi connectivity index (χ2v) is 5.67. The fourth-order valence-corrected chi connectivity index (χ4v) is 2.46. The molecule has 0 heterocycles. The minimum absolute atomic E-state index is 0.216. The van der Waals surface area contributed by atoms with Crippen molar-refractivity contribution in [2.45, 2.75) is 17.5 Å². The van der Waals surface area contributed by atoms with Crippen LogP contribution in [-0.4, -0.2) is 28.0 Å². The summed E-state index contributed by atoms with van der Waals surface area (Å²) < 4.78 is 63.2. The van der Waals surface area contributed by atoms with E-state index in [4.69, 9.17) is 0 Å². The Morgan fingerprint density at radius 2 is 2.00 bits per heavy atom. The molecule has 0 aliphatic rings. The van der Waals surface area contributed by atoms with E-state index in [-0.39, 0.29) is 13.0 Å². The zero-order valence-corrected chi connectivity index (χ0v) is 11.7. The van der Waals surface area contributed by atoms with Crippen molar-refractivity contribution in [3.05, 3.63) is 29.8 Å². The number of hydrogen-bond acceptors (Lipinski definition) is 4. The number of rotatable bonds is 6. The molecule has 10 heteroatoms. The van der Waals surface area contributed by atoms with Gasteiger partial charge in [0.15, 0.2) is 0 Å². The van der Waals surface area contributed by atoms with Crippen molar-refractivity contribution in [1.29, 1.82) is 0 Å². The van der Waals surface area contributed by atoms with Crippen molar-refractivity contribution < 1.29 is 31.2 Å². The van der Waals surface area contributed by atoms with E-state index in [1.54, 1.807) is 0 Å². The molecule has 1 amide bonds. The molecule has 2 N–H and O–H groups in total. The van der Waals surface area contributed by atoms with Gasteiger partial charge in [-0.25, -0.2) is 18.6 Å². The Hall–Kier alpha value is -1.65. The molecule has 0 unspecified atom stereocenters. The Kier molecular flexibility index (Phi) is 5.70. The maximum absolute atomic E-state index is 12.5. The summed E-state index contributed by atoms with van der Waals surface area (Å²) in [6.45, 7) is -0.270. The lowest BCUT2D eigenvalue weighted by Gasteiger charge is -2.10. The second-order valence-electron chi connectivity index (χ2n) is 3.90. The molecular formula is C11H13F3N2O4S. The summed E-state index contributed by atoms with van der Waals surface area (Å²) in [5.41, 5.74) is 0.911. The normalized spacial score (nSPS) is 12.2. The van der Waals surface area contributed by atoms with E-state index in [1.165, 1.54) is 7.11 Å². The number of carbonyl (C=O) groups is 1. The van der Waals surface area contributed by atoms with Crippen molar-refractivity contribution >= 4 is 15.9 Å². The summed E-state index contributed by atoms with van der Waals surface area (Å²) in [6, 6.07) is 3.32. The number of hydrogen-bond donors (Lipinski definition) is 2. The Labute approximate surface area is 119 Å². The van der Waals surface area contributed by atoms with E-state index in [0.717, 1.165) is 18.2 Å². The largest absolute Gasteiger partial charge is 0.416 e. The molecule has 0 atom stereocenters. The van der Waals surface area contributed by atoms with Crippen molar-refractivity contribution in [3.63, 3.8) is 0 Å². The third-order valence-corrected chi connectivity index (χ3v) is 3.79. The summed E-state index contributed by atoms with van der Waals surface area (Å²) in [6.07, 6.45) is -4.85. The van der Waals surface area contributed by atoms with Gasteiger partial charge in [0.25, 0.3) is 0 Å². The van der Waals surface area contributed by atoms with Gasteiger partial charge >= 0.3 is 6.18 Å². The number of alkyl halides is 3. The van der Waals surface area contributed by atoms with Crippen LogP contribution in [-0.2, 0) is 25.8 Å². The number of carbonyl (C=O) groups excluding carboxylic acids is 1. The molecule has 0 bridgehead atoms. The highest BCUT2D eigenvalue weighted by Gasteiger charge is 2.31. The van der Waals surface area contributed by atoms with Gasteiger partial charge in [0.2, 0.25) is 15.9 Å². The average Bonchev–Trinajstić information content (AvgIpc) is 2.38. The first-order valence-electron chi connectivity index (χ1n) is 5.65. The molecule has 0 radical (unpaired) electrons. The molecule has 0 saturated heterocycles. The van der Waals surface area contributed by atoms with Crippen molar-refractivity contribution in [1.82, 2.24) is 10.2 Å². The predicted molar refractivity (Wildman–Crippen MR) is 66.4 cm³/mol. The first kappa shape index (κ1) is 17.4. The Morgan fingerprint density at radius 1 is 1.33 bits per heavy atom. The smallest absolute Gasteiger partial charge is 0.277 e. The lowest BCUT2D eigenvalue weighted by Crippen LogP contribution is -2.30. The number of benzene rings is 1. The molecule has 1 rings (SSSR count).